The SMILES string of the molecule is CC(C)(C)C1COP(=S)(c2ccc(Br)cc2)OC1. The Kier molecular flexibility index (Phi) is 4.35. The molecule has 0 radical (unpaired) electrons. The van der Waals surface area contributed by atoms with Gasteiger partial charge in [-0.05, 0) is 41.5 Å². The number of hydrogen-bond donors (Lipinski definition) is 0. The molecule has 0 atom stereocenters. The standard InChI is InChI=1S/C13H18BrO2PS/c1-13(2,3)10-8-15-17(18,16-9-10)12-6-4-11(14)5-7-12/h4-7,10H,8-9H2,1-3H3. The van der Waals surface area contributed by atoms with Crippen molar-refractivity contribution in [1.29, 1.82) is 0 Å². The molecule has 0 spiro atoms. The molecule has 0 aromatic heterocycles. The molecule has 1 aromatic rings. The Balaban J connectivity index is 2.12. The highest BCUT2D eigenvalue weighted by Gasteiger charge is 2.35. The van der Waals surface area contributed by atoms with Crippen molar-refractivity contribution in [2.24, 2.45) is 11.3 Å². The van der Waals surface area contributed by atoms with Crippen LogP contribution in [0.1, 0.15) is 20.8 Å². The summed E-state index contributed by atoms with van der Waals surface area (Å²) >= 11 is 9.01. The molecule has 1 heterocycles. The lowest BCUT2D eigenvalue weighted by molar-refractivity contribution is 0.0545. The molecule has 100 valence electrons. The first-order valence-corrected chi connectivity index (χ1v) is 9.40. The topological polar surface area (TPSA) is 18.5 Å². The zero-order valence-electron chi connectivity index (χ0n) is 10.9. The molecule has 0 unspecified atom stereocenters. The van der Waals surface area contributed by atoms with Crippen molar-refractivity contribution in [3.05, 3.63) is 28.7 Å². The third-order valence-corrected chi connectivity index (χ3v) is 6.96. The largest absolute Gasteiger partial charge is 0.326 e. The number of rotatable bonds is 1. The lowest BCUT2D eigenvalue weighted by atomic mass is 9.82. The van der Waals surface area contributed by atoms with Crippen LogP contribution in [0.2, 0.25) is 0 Å². The molecule has 1 aliphatic rings. The van der Waals surface area contributed by atoms with E-state index in [1.165, 1.54) is 0 Å². The van der Waals surface area contributed by atoms with Gasteiger partial charge in [0.25, 0.3) is 0 Å². The summed E-state index contributed by atoms with van der Waals surface area (Å²) < 4.78 is 12.9. The van der Waals surface area contributed by atoms with Crippen LogP contribution in [0.5, 0.6) is 0 Å². The summed E-state index contributed by atoms with van der Waals surface area (Å²) in [6.07, 6.45) is 0. The molecule has 5 heteroatoms. The fourth-order valence-electron chi connectivity index (χ4n) is 1.73. The van der Waals surface area contributed by atoms with E-state index in [0.717, 1.165) is 9.78 Å². The quantitative estimate of drug-likeness (QED) is 0.712. The van der Waals surface area contributed by atoms with Crippen LogP contribution in [0.3, 0.4) is 0 Å². The molecule has 1 fully saturated rings. The minimum atomic E-state index is -2.28. The maximum absolute atomic E-state index is 5.92. The van der Waals surface area contributed by atoms with E-state index in [1.807, 2.05) is 24.3 Å². The van der Waals surface area contributed by atoms with Crippen molar-refractivity contribution in [2.75, 3.05) is 13.2 Å². The summed E-state index contributed by atoms with van der Waals surface area (Å²) in [5, 5.41) is 0.994. The molecule has 0 saturated carbocycles. The van der Waals surface area contributed by atoms with Crippen molar-refractivity contribution in [1.82, 2.24) is 0 Å². The second-order valence-electron chi connectivity index (χ2n) is 5.63. The first-order chi connectivity index (χ1) is 8.31. The van der Waals surface area contributed by atoms with Crippen LogP contribution in [-0.4, -0.2) is 13.2 Å². The van der Waals surface area contributed by atoms with E-state index >= 15 is 0 Å². The summed E-state index contributed by atoms with van der Waals surface area (Å²) in [6, 6.07) is 7.93. The van der Waals surface area contributed by atoms with Gasteiger partial charge in [0.2, 0.25) is 6.49 Å². The maximum atomic E-state index is 5.92. The van der Waals surface area contributed by atoms with Crippen LogP contribution < -0.4 is 5.30 Å². The van der Waals surface area contributed by atoms with E-state index in [9.17, 15) is 0 Å². The highest BCUT2D eigenvalue weighted by Crippen LogP contribution is 2.52. The summed E-state index contributed by atoms with van der Waals surface area (Å²) in [5.74, 6) is 0.407. The molecule has 1 saturated heterocycles. The molecule has 0 N–H and O–H groups in total. The Bertz CT molecular complexity index is 455. The van der Waals surface area contributed by atoms with Crippen molar-refractivity contribution in [2.45, 2.75) is 20.8 Å². The van der Waals surface area contributed by atoms with Gasteiger partial charge < -0.3 is 9.05 Å². The third-order valence-electron chi connectivity index (χ3n) is 3.26. The molecule has 2 rings (SSSR count). The van der Waals surface area contributed by atoms with E-state index in [-0.39, 0.29) is 5.41 Å². The van der Waals surface area contributed by atoms with Crippen molar-refractivity contribution >= 4 is 39.5 Å². The monoisotopic (exact) mass is 348 g/mol. The van der Waals surface area contributed by atoms with Gasteiger partial charge in [-0.15, -0.1) is 0 Å². The van der Waals surface area contributed by atoms with Gasteiger partial charge in [-0.25, -0.2) is 0 Å². The Morgan fingerprint density at radius 1 is 1.17 bits per heavy atom. The maximum Gasteiger partial charge on any atom is 0.219 e. The van der Waals surface area contributed by atoms with Crippen LogP contribution >= 0.6 is 22.4 Å². The Labute approximate surface area is 122 Å². The molecule has 2 nitrogen and oxygen atoms in total. The van der Waals surface area contributed by atoms with E-state index < -0.39 is 6.49 Å². The predicted octanol–water partition coefficient (Wildman–Crippen LogP) is 4.09. The molecule has 18 heavy (non-hydrogen) atoms. The Hall–Kier alpha value is 0.270. The van der Waals surface area contributed by atoms with Crippen molar-refractivity contribution < 1.29 is 9.05 Å². The zero-order valence-corrected chi connectivity index (χ0v) is 14.1. The normalized spacial score (nSPS) is 29.2. The molecular formula is C13H18BrO2PS. The molecule has 1 aliphatic heterocycles. The van der Waals surface area contributed by atoms with Crippen LogP contribution in [0, 0.1) is 11.3 Å². The van der Waals surface area contributed by atoms with E-state index in [4.69, 9.17) is 20.9 Å². The number of benzene rings is 1. The van der Waals surface area contributed by atoms with E-state index in [2.05, 4.69) is 36.7 Å². The fourth-order valence-corrected chi connectivity index (χ4v) is 4.37. The van der Waals surface area contributed by atoms with Gasteiger partial charge in [-0.3, -0.25) is 0 Å². The van der Waals surface area contributed by atoms with Gasteiger partial charge >= 0.3 is 0 Å². The van der Waals surface area contributed by atoms with E-state index in [1.54, 1.807) is 0 Å². The highest BCUT2D eigenvalue weighted by atomic mass is 79.9. The molecular weight excluding hydrogens is 331 g/mol. The van der Waals surface area contributed by atoms with E-state index in [0.29, 0.717) is 19.1 Å². The molecule has 0 amide bonds. The van der Waals surface area contributed by atoms with Gasteiger partial charge in [-0.1, -0.05) is 36.7 Å². The average molecular weight is 349 g/mol. The van der Waals surface area contributed by atoms with Crippen LogP contribution in [0.4, 0.5) is 0 Å². The van der Waals surface area contributed by atoms with Gasteiger partial charge in [-0.2, -0.15) is 0 Å². The second-order valence-corrected chi connectivity index (χ2v) is 10.0. The van der Waals surface area contributed by atoms with Crippen LogP contribution in [0.15, 0.2) is 28.7 Å². The predicted molar refractivity (Wildman–Crippen MR) is 82.9 cm³/mol. The van der Waals surface area contributed by atoms with Gasteiger partial charge in [0.1, 0.15) is 0 Å². The van der Waals surface area contributed by atoms with Gasteiger partial charge in [0, 0.05) is 15.7 Å². The van der Waals surface area contributed by atoms with Crippen LogP contribution in [-0.2, 0) is 20.9 Å². The van der Waals surface area contributed by atoms with Gasteiger partial charge in [0.15, 0.2) is 0 Å². The summed E-state index contributed by atoms with van der Waals surface area (Å²) in [7, 11) is 0. The zero-order chi connectivity index (χ0) is 13.4. The second kappa shape index (κ2) is 5.34. The first-order valence-electron chi connectivity index (χ1n) is 5.96. The van der Waals surface area contributed by atoms with Crippen molar-refractivity contribution in [3.8, 4) is 0 Å². The Morgan fingerprint density at radius 3 is 2.11 bits per heavy atom. The Morgan fingerprint density at radius 2 is 1.67 bits per heavy atom. The molecule has 0 bridgehead atoms. The van der Waals surface area contributed by atoms with Crippen molar-refractivity contribution in [3.63, 3.8) is 0 Å². The lowest BCUT2D eigenvalue weighted by Crippen LogP contribution is -2.33. The fraction of sp³-hybridized carbons (Fsp3) is 0.538. The number of hydrogen-bond acceptors (Lipinski definition) is 3. The minimum Gasteiger partial charge on any atom is -0.326 e. The third kappa shape index (κ3) is 3.23. The van der Waals surface area contributed by atoms with Crippen LogP contribution in [0.25, 0.3) is 0 Å². The molecule has 1 aromatic carbocycles. The summed E-state index contributed by atoms with van der Waals surface area (Å²) in [4.78, 5) is 0. The summed E-state index contributed by atoms with van der Waals surface area (Å²) in [6.45, 7) is 5.72. The number of halogens is 1. The van der Waals surface area contributed by atoms with Gasteiger partial charge in [0.05, 0.1) is 13.2 Å². The molecule has 0 aliphatic carbocycles. The average Bonchev–Trinajstić information content (AvgIpc) is 2.29. The first kappa shape index (κ1) is 14.7. The smallest absolute Gasteiger partial charge is 0.219 e. The highest BCUT2D eigenvalue weighted by molar-refractivity contribution is 9.10. The minimum absolute atomic E-state index is 0.195. The lowest BCUT2D eigenvalue weighted by Gasteiger charge is -2.38. The summed E-state index contributed by atoms with van der Waals surface area (Å²) in [5.41, 5.74) is 0.195.